The lowest BCUT2D eigenvalue weighted by Gasteiger charge is -2.07. The number of nitrogens with one attached hydrogen (secondary N) is 1. The first kappa shape index (κ1) is 19.0. The van der Waals surface area contributed by atoms with Gasteiger partial charge in [0, 0.05) is 25.3 Å². The van der Waals surface area contributed by atoms with Gasteiger partial charge in [0.05, 0.1) is 13.7 Å². The molecule has 0 aliphatic carbocycles. The lowest BCUT2D eigenvalue weighted by atomic mass is 10.2. The molecule has 0 saturated heterocycles. The molecule has 0 heterocycles. The molecule has 0 atom stereocenters. The Labute approximate surface area is 138 Å². The van der Waals surface area contributed by atoms with Crippen LogP contribution in [0, 0.1) is 0 Å². The molecule has 20 heavy (non-hydrogen) atoms. The van der Waals surface area contributed by atoms with E-state index < -0.39 is 0 Å². The zero-order valence-electron chi connectivity index (χ0n) is 12.1. The molecular formula is C14H24IN3O2. The second-order valence-corrected chi connectivity index (χ2v) is 3.99. The summed E-state index contributed by atoms with van der Waals surface area (Å²) < 4.78 is 10.5. The molecular weight excluding hydrogens is 369 g/mol. The quantitative estimate of drug-likeness (QED) is 0.307. The Hall–Kier alpha value is -1.02. The van der Waals surface area contributed by atoms with E-state index in [4.69, 9.17) is 15.2 Å². The number of para-hydroxylation sites is 1. The van der Waals surface area contributed by atoms with E-state index in [2.05, 4.69) is 10.3 Å². The van der Waals surface area contributed by atoms with E-state index in [9.17, 15) is 0 Å². The SMILES string of the molecule is CCOCCCNC(N)=NCc1ccccc1OC.I. The third-order valence-electron chi connectivity index (χ3n) is 2.59. The van der Waals surface area contributed by atoms with E-state index >= 15 is 0 Å². The van der Waals surface area contributed by atoms with Crippen LogP contribution in [0.4, 0.5) is 0 Å². The third-order valence-corrected chi connectivity index (χ3v) is 2.59. The van der Waals surface area contributed by atoms with E-state index in [1.54, 1.807) is 7.11 Å². The summed E-state index contributed by atoms with van der Waals surface area (Å²) in [4.78, 5) is 4.28. The zero-order chi connectivity index (χ0) is 13.9. The van der Waals surface area contributed by atoms with Crippen LogP contribution in [0.1, 0.15) is 18.9 Å². The predicted molar refractivity (Wildman–Crippen MR) is 92.8 cm³/mol. The Bertz CT molecular complexity index is 400. The van der Waals surface area contributed by atoms with Crippen molar-refractivity contribution in [1.29, 1.82) is 0 Å². The van der Waals surface area contributed by atoms with Crippen molar-refractivity contribution in [2.24, 2.45) is 10.7 Å². The number of ether oxygens (including phenoxy) is 2. The van der Waals surface area contributed by atoms with Gasteiger partial charge in [-0.05, 0) is 19.4 Å². The van der Waals surface area contributed by atoms with Crippen LogP contribution in [0.3, 0.4) is 0 Å². The van der Waals surface area contributed by atoms with Crippen molar-refractivity contribution in [3.8, 4) is 5.75 Å². The van der Waals surface area contributed by atoms with Gasteiger partial charge in [0.15, 0.2) is 5.96 Å². The summed E-state index contributed by atoms with van der Waals surface area (Å²) in [5.74, 6) is 1.28. The van der Waals surface area contributed by atoms with Gasteiger partial charge in [-0.3, -0.25) is 0 Å². The van der Waals surface area contributed by atoms with Gasteiger partial charge >= 0.3 is 0 Å². The number of aliphatic imine (C=N–C) groups is 1. The maximum Gasteiger partial charge on any atom is 0.188 e. The average molecular weight is 393 g/mol. The van der Waals surface area contributed by atoms with Crippen molar-refractivity contribution in [3.63, 3.8) is 0 Å². The summed E-state index contributed by atoms with van der Waals surface area (Å²) in [5, 5.41) is 3.06. The molecule has 1 aromatic rings. The lowest BCUT2D eigenvalue weighted by molar-refractivity contribution is 0.145. The minimum atomic E-state index is 0. The fraction of sp³-hybridized carbons (Fsp3) is 0.500. The number of methoxy groups -OCH3 is 1. The number of hydrogen-bond donors (Lipinski definition) is 2. The molecule has 0 radical (unpaired) electrons. The van der Waals surface area contributed by atoms with Crippen LogP contribution < -0.4 is 15.8 Å². The molecule has 0 aromatic heterocycles. The van der Waals surface area contributed by atoms with Gasteiger partial charge in [0.1, 0.15) is 5.75 Å². The molecule has 114 valence electrons. The van der Waals surface area contributed by atoms with Crippen LogP contribution in [0.5, 0.6) is 5.75 Å². The number of rotatable bonds is 8. The molecule has 1 rings (SSSR count). The molecule has 0 amide bonds. The fourth-order valence-corrected chi connectivity index (χ4v) is 1.59. The maximum absolute atomic E-state index is 5.79. The first-order chi connectivity index (χ1) is 9.27. The minimum Gasteiger partial charge on any atom is -0.496 e. The highest BCUT2D eigenvalue weighted by Crippen LogP contribution is 2.17. The molecule has 0 bridgehead atoms. The van der Waals surface area contributed by atoms with Crippen molar-refractivity contribution < 1.29 is 9.47 Å². The maximum atomic E-state index is 5.79. The van der Waals surface area contributed by atoms with E-state index in [1.807, 2.05) is 31.2 Å². The van der Waals surface area contributed by atoms with Gasteiger partial charge in [-0.1, -0.05) is 18.2 Å². The second kappa shape index (κ2) is 11.8. The molecule has 0 spiro atoms. The number of guanidine groups is 1. The summed E-state index contributed by atoms with van der Waals surface area (Å²) in [5.41, 5.74) is 6.80. The largest absolute Gasteiger partial charge is 0.496 e. The Morgan fingerprint density at radius 2 is 2.10 bits per heavy atom. The number of nitrogens with two attached hydrogens (primary N) is 1. The third kappa shape index (κ3) is 7.54. The fourth-order valence-electron chi connectivity index (χ4n) is 1.59. The molecule has 0 aliphatic rings. The van der Waals surface area contributed by atoms with E-state index in [1.165, 1.54) is 0 Å². The van der Waals surface area contributed by atoms with Crippen molar-refractivity contribution in [2.45, 2.75) is 19.9 Å². The van der Waals surface area contributed by atoms with Crippen LogP contribution in [0.25, 0.3) is 0 Å². The van der Waals surface area contributed by atoms with Crippen LogP contribution in [-0.2, 0) is 11.3 Å². The highest BCUT2D eigenvalue weighted by molar-refractivity contribution is 14.0. The van der Waals surface area contributed by atoms with Crippen molar-refractivity contribution in [3.05, 3.63) is 29.8 Å². The smallest absolute Gasteiger partial charge is 0.188 e. The zero-order valence-corrected chi connectivity index (χ0v) is 14.4. The first-order valence-corrected chi connectivity index (χ1v) is 6.51. The highest BCUT2D eigenvalue weighted by atomic mass is 127. The summed E-state index contributed by atoms with van der Waals surface area (Å²) in [6.45, 7) is 4.74. The van der Waals surface area contributed by atoms with Crippen molar-refractivity contribution in [2.75, 3.05) is 26.9 Å². The van der Waals surface area contributed by atoms with Gasteiger partial charge < -0.3 is 20.5 Å². The van der Waals surface area contributed by atoms with Crippen LogP contribution in [0.15, 0.2) is 29.3 Å². The monoisotopic (exact) mass is 393 g/mol. The summed E-state index contributed by atoms with van der Waals surface area (Å²) in [6.07, 6.45) is 0.915. The van der Waals surface area contributed by atoms with Gasteiger partial charge in [0.2, 0.25) is 0 Å². The van der Waals surface area contributed by atoms with Crippen molar-refractivity contribution >= 4 is 29.9 Å². The van der Waals surface area contributed by atoms with E-state index in [0.29, 0.717) is 12.5 Å². The van der Waals surface area contributed by atoms with Gasteiger partial charge in [-0.15, -0.1) is 24.0 Å². The van der Waals surface area contributed by atoms with Crippen LogP contribution >= 0.6 is 24.0 Å². The number of nitrogens with zero attached hydrogens (tertiary/aromatic N) is 1. The Morgan fingerprint density at radius 3 is 2.80 bits per heavy atom. The Morgan fingerprint density at radius 1 is 1.35 bits per heavy atom. The molecule has 0 aliphatic heterocycles. The molecule has 5 nitrogen and oxygen atoms in total. The molecule has 6 heteroatoms. The van der Waals surface area contributed by atoms with Crippen LogP contribution in [-0.4, -0.2) is 32.8 Å². The topological polar surface area (TPSA) is 68.9 Å². The molecule has 0 fully saturated rings. The Kier molecular flexibility index (Phi) is 11.2. The summed E-state index contributed by atoms with van der Waals surface area (Å²) in [6, 6.07) is 7.78. The van der Waals surface area contributed by atoms with Gasteiger partial charge in [-0.25, -0.2) is 4.99 Å². The first-order valence-electron chi connectivity index (χ1n) is 6.51. The van der Waals surface area contributed by atoms with E-state index in [0.717, 1.165) is 37.5 Å². The van der Waals surface area contributed by atoms with Crippen LogP contribution in [0.2, 0.25) is 0 Å². The second-order valence-electron chi connectivity index (χ2n) is 3.99. The average Bonchev–Trinajstić information content (AvgIpc) is 2.45. The number of benzene rings is 1. The molecule has 3 N–H and O–H groups in total. The standard InChI is InChI=1S/C14H23N3O2.HI/c1-3-19-10-6-9-16-14(15)17-11-12-7-4-5-8-13(12)18-2;/h4-5,7-8H,3,6,9-11H2,1-2H3,(H3,15,16,17);1H. The normalized spacial score (nSPS) is 10.8. The summed E-state index contributed by atoms with van der Waals surface area (Å²) in [7, 11) is 1.65. The Balaban J connectivity index is 0.00000361. The van der Waals surface area contributed by atoms with E-state index in [-0.39, 0.29) is 24.0 Å². The molecule has 0 unspecified atom stereocenters. The summed E-state index contributed by atoms with van der Waals surface area (Å²) >= 11 is 0. The lowest BCUT2D eigenvalue weighted by Crippen LogP contribution is -2.32. The number of hydrogen-bond acceptors (Lipinski definition) is 3. The van der Waals surface area contributed by atoms with Gasteiger partial charge in [-0.2, -0.15) is 0 Å². The number of halogens is 1. The highest BCUT2D eigenvalue weighted by Gasteiger charge is 2.00. The van der Waals surface area contributed by atoms with Crippen molar-refractivity contribution in [1.82, 2.24) is 5.32 Å². The minimum absolute atomic E-state index is 0. The predicted octanol–water partition coefficient (Wildman–Crippen LogP) is 2.14. The molecule has 0 saturated carbocycles. The van der Waals surface area contributed by atoms with Gasteiger partial charge in [0.25, 0.3) is 0 Å². The molecule has 1 aromatic carbocycles.